The smallest absolute Gasteiger partial charge is 0.251 e. The van der Waals surface area contributed by atoms with Gasteiger partial charge in [0.2, 0.25) is 5.91 Å². The van der Waals surface area contributed by atoms with Gasteiger partial charge in [-0.2, -0.15) is 0 Å². The van der Waals surface area contributed by atoms with Crippen molar-refractivity contribution in [1.82, 2.24) is 20.7 Å². The Morgan fingerprint density at radius 3 is 2.49 bits per heavy atom. The molecule has 1 fully saturated rings. The third kappa shape index (κ3) is 6.64. The molecule has 0 spiro atoms. The van der Waals surface area contributed by atoms with Gasteiger partial charge in [0.15, 0.2) is 0 Å². The van der Waals surface area contributed by atoms with Gasteiger partial charge in [0, 0.05) is 34.6 Å². The number of hydrogen-bond donors (Lipinski definition) is 3. The van der Waals surface area contributed by atoms with Crippen molar-refractivity contribution < 1.29 is 19.5 Å². The summed E-state index contributed by atoms with van der Waals surface area (Å²) < 4.78 is 5.97. The number of aryl methyl sites for hydroxylation is 1. The normalized spacial score (nSPS) is 19.5. The van der Waals surface area contributed by atoms with Crippen LogP contribution in [0.3, 0.4) is 0 Å². The van der Waals surface area contributed by atoms with Crippen LogP contribution in [0.25, 0.3) is 10.9 Å². The van der Waals surface area contributed by atoms with Crippen LogP contribution < -0.4 is 15.5 Å². The Kier molecular flexibility index (Phi) is 8.41. The first kappa shape index (κ1) is 26.6. The molecule has 0 saturated heterocycles. The number of para-hydroxylation sites is 1. The molecular weight excluding hydrogens is 468 g/mol. The molecule has 37 heavy (non-hydrogen) atoms. The largest absolute Gasteiger partial charge is 0.493 e. The van der Waals surface area contributed by atoms with Crippen LogP contribution in [0.2, 0.25) is 0 Å². The zero-order valence-corrected chi connectivity index (χ0v) is 21.8. The summed E-state index contributed by atoms with van der Waals surface area (Å²) in [7, 11) is 4.08. The van der Waals surface area contributed by atoms with Gasteiger partial charge in [-0.25, -0.2) is 5.48 Å². The van der Waals surface area contributed by atoms with Crippen LogP contribution in [0.4, 0.5) is 0 Å². The monoisotopic (exact) mass is 504 g/mol. The number of benzene rings is 2. The molecule has 3 N–H and O–H groups in total. The Morgan fingerprint density at radius 1 is 1.11 bits per heavy atom. The maximum Gasteiger partial charge on any atom is 0.251 e. The van der Waals surface area contributed by atoms with Crippen LogP contribution in [-0.4, -0.2) is 59.2 Å². The molecule has 3 aromatic rings. The molecule has 4 rings (SSSR count). The van der Waals surface area contributed by atoms with E-state index in [4.69, 9.17) is 9.94 Å². The summed E-state index contributed by atoms with van der Waals surface area (Å²) in [5.74, 6) is -0.0451. The summed E-state index contributed by atoms with van der Waals surface area (Å²) in [6.07, 6.45) is 3.85. The van der Waals surface area contributed by atoms with E-state index in [9.17, 15) is 9.59 Å². The van der Waals surface area contributed by atoms with Crippen molar-refractivity contribution in [3.05, 3.63) is 71.4 Å². The highest BCUT2D eigenvalue weighted by atomic mass is 16.5. The highest BCUT2D eigenvalue weighted by Gasteiger charge is 2.39. The van der Waals surface area contributed by atoms with Crippen molar-refractivity contribution >= 4 is 22.7 Å². The van der Waals surface area contributed by atoms with Gasteiger partial charge in [-0.15, -0.1) is 0 Å². The van der Waals surface area contributed by atoms with Gasteiger partial charge < -0.3 is 15.0 Å². The number of aromatic nitrogens is 1. The summed E-state index contributed by atoms with van der Waals surface area (Å²) in [4.78, 5) is 31.9. The van der Waals surface area contributed by atoms with E-state index in [0.717, 1.165) is 35.9 Å². The lowest BCUT2D eigenvalue weighted by Crippen LogP contribution is -2.54. The Labute approximate surface area is 218 Å². The first-order chi connectivity index (χ1) is 17.8. The molecule has 2 amide bonds. The lowest BCUT2D eigenvalue weighted by Gasteiger charge is -2.42. The Balaban J connectivity index is 1.37. The fourth-order valence-corrected chi connectivity index (χ4v) is 5.26. The van der Waals surface area contributed by atoms with Gasteiger partial charge in [-0.1, -0.05) is 18.2 Å². The van der Waals surface area contributed by atoms with Crippen molar-refractivity contribution in [1.29, 1.82) is 0 Å². The SMILES string of the molecule is Cc1cc(CCOc2ccc(C(=O)N[C@]3(CC(=O)NO)CC[C@@H](N(C)C)CC3)cc2)c2ccccc2n1. The summed E-state index contributed by atoms with van der Waals surface area (Å²) >= 11 is 0. The average molecular weight is 505 g/mol. The molecule has 1 aliphatic carbocycles. The average Bonchev–Trinajstić information content (AvgIpc) is 2.89. The highest BCUT2D eigenvalue weighted by molar-refractivity contribution is 5.95. The number of ether oxygens (including phenoxy) is 1. The number of amides is 2. The molecule has 0 unspecified atom stereocenters. The molecule has 196 valence electrons. The second kappa shape index (κ2) is 11.7. The number of nitrogens with zero attached hydrogens (tertiary/aromatic N) is 2. The highest BCUT2D eigenvalue weighted by Crippen LogP contribution is 2.33. The third-order valence-corrected chi connectivity index (χ3v) is 7.33. The lowest BCUT2D eigenvalue weighted by molar-refractivity contribution is -0.131. The molecule has 8 nitrogen and oxygen atoms in total. The summed E-state index contributed by atoms with van der Waals surface area (Å²) in [5, 5.41) is 13.3. The van der Waals surface area contributed by atoms with Crippen LogP contribution >= 0.6 is 0 Å². The summed E-state index contributed by atoms with van der Waals surface area (Å²) in [6.45, 7) is 2.50. The van der Waals surface area contributed by atoms with Crippen LogP contribution in [0.1, 0.15) is 53.7 Å². The van der Waals surface area contributed by atoms with E-state index in [1.807, 2.05) is 39.2 Å². The second-order valence-electron chi connectivity index (χ2n) is 10.2. The quantitative estimate of drug-likeness (QED) is 0.300. The molecule has 2 aromatic carbocycles. The second-order valence-corrected chi connectivity index (χ2v) is 10.2. The van der Waals surface area contributed by atoms with Gasteiger partial charge in [0.05, 0.1) is 18.5 Å². The Hall–Kier alpha value is -3.49. The van der Waals surface area contributed by atoms with Gasteiger partial charge in [0.1, 0.15) is 5.75 Å². The summed E-state index contributed by atoms with van der Waals surface area (Å²) in [6, 6.07) is 17.7. The van der Waals surface area contributed by atoms with E-state index in [2.05, 4.69) is 27.3 Å². The Bertz CT molecular complexity index is 1230. The van der Waals surface area contributed by atoms with Crippen molar-refractivity contribution in [3.8, 4) is 5.75 Å². The Morgan fingerprint density at radius 2 is 1.81 bits per heavy atom. The number of hydroxylamine groups is 1. The van der Waals surface area contributed by atoms with Gasteiger partial charge in [0.25, 0.3) is 5.91 Å². The van der Waals surface area contributed by atoms with Crippen molar-refractivity contribution in [2.24, 2.45) is 0 Å². The number of rotatable bonds is 9. The van der Waals surface area contributed by atoms with Crippen molar-refractivity contribution in [2.45, 2.75) is 57.0 Å². The topological polar surface area (TPSA) is 104 Å². The number of carbonyl (C=O) groups is 2. The van der Waals surface area contributed by atoms with E-state index in [-0.39, 0.29) is 12.3 Å². The minimum Gasteiger partial charge on any atom is -0.493 e. The van der Waals surface area contributed by atoms with Gasteiger partial charge in [-0.3, -0.25) is 19.8 Å². The molecule has 1 heterocycles. The zero-order chi connectivity index (χ0) is 26.4. The third-order valence-electron chi connectivity index (χ3n) is 7.33. The van der Waals surface area contributed by atoms with Gasteiger partial charge >= 0.3 is 0 Å². The minimum absolute atomic E-state index is 0.0414. The molecular formula is C29H36N4O4. The van der Waals surface area contributed by atoms with E-state index in [1.165, 1.54) is 5.56 Å². The van der Waals surface area contributed by atoms with Crippen LogP contribution in [0, 0.1) is 6.92 Å². The molecule has 8 heteroatoms. The standard InChI is InChI=1S/C29H36N4O4/c1-20-18-22(25-6-4-5-7-26(25)30-20)14-17-37-24-10-8-21(9-11-24)28(35)31-29(19-27(34)32-36)15-12-23(13-16-29)33(2)3/h4-11,18,23,36H,12-17,19H2,1-3H3,(H,31,35)(H,32,34)/t23-,29-. The molecule has 1 aliphatic rings. The molecule has 1 aromatic heterocycles. The first-order valence-corrected chi connectivity index (χ1v) is 12.8. The molecule has 0 atom stereocenters. The van der Waals surface area contributed by atoms with Crippen LogP contribution in [-0.2, 0) is 11.2 Å². The lowest BCUT2D eigenvalue weighted by atomic mass is 9.76. The number of fused-ring (bicyclic) bond motifs is 1. The minimum atomic E-state index is -0.684. The first-order valence-electron chi connectivity index (χ1n) is 12.8. The van der Waals surface area contributed by atoms with E-state index < -0.39 is 11.4 Å². The predicted octanol–water partition coefficient (Wildman–Crippen LogP) is 4.03. The fraction of sp³-hybridized carbons (Fsp3) is 0.414. The number of nitrogens with one attached hydrogen (secondary N) is 2. The summed E-state index contributed by atoms with van der Waals surface area (Å²) in [5.41, 5.74) is 4.69. The number of pyridine rings is 1. The van der Waals surface area contributed by atoms with E-state index in [0.29, 0.717) is 36.8 Å². The van der Waals surface area contributed by atoms with Gasteiger partial charge in [-0.05, 0) is 88.7 Å². The molecule has 1 saturated carbocycles. The van der Waals surface area contributed by atoms with E-state index in [1.54, 1.807) is 29.7 Å². The van der Waals surface area contributed by atoms with E-state index >= 15 is 0 Å². The predicted molar refractivity (Wildman–Crippen MR) is 143 cm³/mol. The number of carbonyl (C=O) groups excluding carboxylic acids is 2. The van der Waals surface area contributed by atoms with Crippen LogP contribution in [0.5, 0.6) is 5.75 Å². The number of hydrogen-bond acceptors (Lipinski definition) is 6. The molecule has 0 aliphatic heterocycles. The molecule has 0 radical (unpaired) electrons. The van der Waals surface area contributed by atoms with Crippen LogP contribution in [0.15, 0.2) is 54.6 Å². The fourth-order valence-electron chi connectivity index (χ4n) is 5.26. The van der Waals surface area contributed by atoms with Crippen molar-refractivity contribution in [3.63, 3.8) is 0 Å². The maximum absolute atomic E-state index is 13.1. The molecule has 0 bridgehead atoms. The maximum atomic E-state index is 13.1. The zero-order valence-electron chi connectivity index (χ0n) is 21.8. The van der Waals surface area contributed by atoms with Crippen molar-refractivity contribution in [2.75, 3.05) is 20.7 Å².